The summed E-state index contributed by atoms with van der Waals surface area (Å²) in [5, 5.41) is 0. The standard InChI is InChI=1S/C5H6O3S2/c6-4(5-9-10-5)8-2-3-1-7-3/h3,5H,1-2H2. The highest BCUT2D eigenvalue weighted by molar-refractivity contribution is 8.93. The molecule has 2 aliphatic heterocycles. The normalized spacial score (nSPS) is 29.8. The Labute approximate surface area is 66.2 Å². The highest BCUT2D eigenvalue weighted by Crippen LogP contribution is 2.53. The van der Waals surface area contributed by atoms with E-state index in [-0.39, 0.29) is 16.7 Å². The largest absolute Gasteiger partial charge is 0.461 e. The van der Waals surface area contributed by atoms with Gasteiger partial charge in [0.05, 0.1) is 6.61 Å². The minimum absolute atomic E-state index is 0.0544. The molecular weight excluding hydrogens is 172 g/mol. The summed E-state index contributed by atoms with van der Waals surface area (Å²) in [6.07, 6.45) is 0.192. The van der Waals surface area contributed by atoms with Crippen molar-refractivity contribution in [2.75, 3.05) is 13.2 Å². The van der Waals surface area contributed by atoms with Crippen LogP contribution >= 0.6 is 21.6 Å². The number of epoxide rings is 1. The second-order valence-electron chi connectivity index (χ2n) is 2.11. The quantitative estimate of drug-likeness (QED) is 0.360. The minimum atomic E-state index is -0.106. The third kappa shape index (κ3) is 1.81. The van der Waals surface area contributed by atoms with E-state index in [1.807, 2.05) is 0 Å². The molecule has 2 fully saturated rings. The molecule has 0 aromatic rings. The summed E-state index contributed by atoms with van der Waals surface area (Å²) >= 11 is 0. The average molecular weight is 178 g/mol. The first-order valence-corrected chi connectivity index (χ1v) is 5.24. The zero-order valence-electron chi connectivity index (χ0n) is 5.11. The van der Waals surface area contributed by atoms with Gasteiger partial charge < -0.3 is 9.47 Å². The Morgan fingerprint density at radius 1 is 1.70 bits per heavy atom. The van der Waals surface area contributed by atoms with Gasteiger partial charge in [0.15, 0.2) is 4.58 Å². The zero-order chi connectivity index (χ0) is 6.97. The topological polar surface area (TPSA) is 38.8 Å². The van der Waals surface area contributed by atoms with Crippen LogP contribution in [0.15, 0.2) is 0 Å². The van der Waals surface area contributed by atoms with Gasteiger partial charge in [-0.25, -0.2) is 4.79 Å². The Kier molecular flexibility index (Phi) is 1.80. The molecule has 2 saturated heterocycles. The van der Waals surface area contributed by atoms with Crippen molar-refractivity contribution in [2.24, 2.45) is 0 Å². The molecule has 0 radical (unpaired) electrons. The lowest BCUT2D eigenvalue weighted by molar-refractivity contribution is -0.141. The molecule has 5 heteroatoms. The van der Waals surface area contributed by atoms with Gasteiger partial charge in [0.25, 0.3) is 0 Å². The van der Waals surface area contributed by atoms with Gasteiger partial charge in [-0.3, -0.25) is 0 Å². The molecule has 0 aliphatic carbocycles. The van der Waals surface area contributed by atoms with Crippen LogP contribution in [0.2, 0.25) is 0 Å². The maximum atomic E-state index is 10.8. The fourth-order valence-electron chi connectivity index (χ4n) is 0.514. The highest BCUT2D eigenvalue weighted by atomic mass is 33.2. The van der Waals surface area contributed by atoms with Crippen molar-refractivity contribution < 1.29 is 14.3 Å². The number of carbonyl (C=O) groups excluding carboxylic acids is 1. The first kappa shape index (κ1) is 6.82. The number of hydrogen-bond acceptors (Lipinski definition) is 5. The van der Waals surface area contributed by atoms with Crippen LogP contribution in [0.5, 0.6) is 0 Å². The van der Waals surface area contributed by atoms with Crippen LogP contribution in [0.1, 0.15) is 0 Å². The smallest absolute Gasteiger partial charge is 0.331 e. The van der Waals surface area contributed by atoms with Gasteiger partial charge in [0.2, 0.25) is 0 Å². The summed E-state index contributed by atoms with van der Waals surface area (Å²) in [5.41, 5.74) is 0. The van der Waals surface area contributed by atoms with Crippen LogP contribution in [-0.2, 0) is 14.3 Å². The van der Waals surface area contributed by atoms with Crippen molar-refractivity contribution in [1.29, 1.82) is 0 Å². The van der Waals surface area contributed by atoms with E-state index < -0.39 is 0 Å². The Balaban J connectivity index is 1.63. The Morgan fingerprint density at radius 3 is 2.90 bits per heavy atom. The van der Waals surface area contributed by atoms with Gasteiger partial charge in [-0.2, -0.15) is 0 Å². The van der Waals surface area contributed by atoms with Gasteiger partial charge in [-0.05, 0) is 0 Å². The molecule has 2 aliphatic rings. The Hall–Kier alpha value is 0.130. The maximum Gasteiger partial charge on any atom is 0.331 e. The molecule has 0 N–H and O–H groups in total. The van der Waals surface area contributed by atoms with Crippen molar-refractivity contribution >= 4 is 27.6 Å². The molecule has 56 valence electrons. The summed E-state index contributed by atoms with van der Waals surface area (Å²) in [6.45, 7) is 1.19. The van der Waals surface area contributed by atoms with Crippen molar-refractivity contribution in [2.45, 2.75) is 10.7 Å². The summed E-state index contributed by atoms with van der Waals surface area (Å²) in [6, 6.07) is 0. The van der Waals surface area contributed by atoms with Gasteiger partial charge in [0, 0.05) is 0 Å². The lowest BCUT2D eigenvalue weighted by Gasteiger charge is -1.96. The van der Waals surface area contributed by atoms with E-state index in [1.165, 1.54) is 0 Å². The summed E-state index contributed by atoms with van der Waals surface area (Å²) in [4.78, 5) is 10.8. The van der Waals surface area contributed by atoms with Crippen molar-refractivity contribution in [3.05, 3.63) is 0 Å². The SMILES string of the molecule is O=C(OCC1CO1)C1SS1. The average Bonchev–Trinajstić information content (AvgIpc) is 2.76. The molecule has 0 spiro atoms. The molecule has 1 unspecified atom stereocenters. The third-order valence-electron chi connectivity index (χ3n) is 1.20. The molecule has 0 aromatic carbocycles. The number of rotatable bonds is 3. The monoisotopic (exact) mass is 178 g/mol. The molecule has 0 bridgehead atoms. The fraction of sp³-hybridized carbons (Fsp3) is 0.800. The van der Waals surface area contributed by atoms with Crippen LogP contribution in [0, 0.1) is 0 Å². The van der Waals surface area contributed by atoms with E-state index in [2.05, 4.69) is 0 Å². The molecule has 2 rings (SSSR count). The zero-order valence-corrected chi connectivity index (χ0v) is 6.74. The highest BCUT2D eigenvalue weighted by Gasteiger charge is 2.35. The molecule has 0 saturated carbocycles. The number of carbonyl (C=O) groups is 1. The maximum absolute atomic E-state index is 10.8. The van der Waals surface area contributed by atoms with E-state index >= 15 is 0 Å². The predicted molar refractivity (Wildman–Crippen MR) is 39.7 cm³/mol. The van der Waals surface area contributed by atoms with Crippen molar-refractivity contribution in [3.8, 4) is 0 Å². The minimum Gasteiger partial charge on any atom is -0.461 e. The van der Waals surface area contributed by atoms with Gasteiger partial charge in [0.1, 0.15) is 12.7 Å². The van der Waals surface area contributed by atoms with Crippen molar-refractivity contribution in [3.63, 3.8) is 0 Å². The number of esters is 1. The van der Waals surface area contributed by atoms with Crippen LogP contribution < -0.4 is 0 Å². The first-order valence-electron chi connectivity index (χ1n) is 2.96. The molecule has 0 amide bonds. The van der Waals surface area contributed by atoms with E-state index in [1.54, 1.807) is 21.6 Å². The summed E-state index contributed by atoms with van der Waals surface area (Å²) in [7, 11) is 3.10. The molecular formula is C5H6O3S2. The Morgan fingerprint density at radius 2 is 2.40 bits per heavy atom. The molecule has 0 aromatic heterocycles. The van der Waals surface area contributed by atoms with Crippen LogP contribution in [0.25, 0.3) is 0 Å². The molecule has 10 heavy (non-hydrogen) atoms. The summed E-state index contributed by atoms with van der Waals surface area (Å²) < 4.78 is 9.81. The van der Waals surface area contributed by atoms with Crippen LogP contribution in [-0.4, -0.2) is 29.9 Å². The van der Waals surface area contributed by atoms with E-state index in [0.717, 1.165) is 6.61 Å². The molecule has 1 atom stereocenters. The summed E-state index contributed by atoms with van der Waals surface area (Å²) in [5.74, 6) is -0.106. The van der Waals surface area contributed by atoms with Crippen LogP contribution in [0.4, 0.5) is 0 Å². The lowest BCUT2D eigenvalue weighted by Crippen LogP contribution is -2.12. The molecule has 2 heterocycles. The third-order valence-corrected chi connectivity index (χ3v) is 3.12. The van der Waals surface area contributed by atoms with Crippen LogP contribution in [0.3, 0.4) is 0 Å². The first-order chi connectivity index (χ1) is 4.86. The van der Waals surface area contributed by atoms with E-state index in [9.17, 15) is 4.79 Å². The second-order valence-corrected chi connectivity index (χ2v) is 4.89. The van der Waals surface area contributed by atoms with E-state index in [4.69, 9.17) is 9.47 Å². The molecule has 3 nitrogen and oxygen atoms in total. The Bertz CT molecular complexity index is 153. The van der Waals surface area contributed by atoms with E-state index in [0.29, 0.717) is 6.61 Å². The van der Waals surface area contributed by atoms with Gasteiger partial charge >= 0.3 is 5.97 Å². The van der Waals surface area contributed by atoms with Crippen molar-refractivity contribution in [1.82, 2.24) is 0 Å². The fourth-order valence-corrected chi connectivity index (χ4v) is 1.50. The lowest BCUT2D eigenvalue weighted by atomic mass is 10.5. The second kappa shape index (κ2) is 2.64. The van der Waals surface area contributed by atoms with Gasteiger partial charge in [-0.15, -0.1) is 0 Å². The number of ether oxygens (including phenoxy) is 2. The predicted octanol–water partition coefficient (Wildman–Crippen LogP) is 0.649. The number of hydrogen-bond donors (Lipinski definition) is 0. The van der Waals surface area contributed by atoms with Gasteiger partial charge in [-0.1, -0.05) is 21.6 Å².